The van der Waals surface area contributed by atoms with Crippen LogP contribution in [0.15, 0.2) is 46.8 Å². The highest BCUT2D eigenvalue weighted by atomic mass is 16.3. The molecular formula is C21H21N5O3. The second kappa shape index (κ2) is 8.52. The molecule has 0 saturated heterocycles. The van der Waals surface area contributed by atoms with Crippen molar-refractivity contribution in [1.29, 1.82) is 0 Å². The third kappa shape index (κ3) is 5.39. The summed E-state index contributed by atoms with van der Waals surface area (Å²) >= 11 is 0. The number of benzene rings is 1. The fourth-order valence-electron chi connectivity index (χ4n) is 2.81. The first-order valence-corrected chi connectivity index (χ1v) is 9.15. The fraction of sp³-hybridized carbons (Fsp3) is 0.286. The van der Waals surface area contributed by atoms with Crippen LogP contribution in [0.4, 0.5) is 11.5 Å². The molecule has 8 nitrogen and oxygen atoms in total. The maximum atomic E-state index is 12.3. The number of pyridine rings is 1. The highest BCUT2D eigenvalue weighted by Crippen LogP contribution is 2.37. The van der Waals surface area contributed by atoms with Crippen LogP contribution >= 0.6 is 0 Å². The van der Waals surface area contributed by atoms with Crippen molar-refractivity contribution in [3.05, 3.63) is 47.7 Å². The van der Waals surface area contributed by atoms with E-state index in [1.807, 2.05) is 0 Å². The van der Waals surface area contributed by atoms with E-state index in [-0.39, 0.29) is 24.0 Å². The molecule has 1 aliphatic rings. The number of hydrogen-bond acceptors (Lipinski definition) is 6. The SMILES string of the molecule is C#CCCC1(CCC(=O)Nc2cnc(NC(=O)c3cccc(O)c3)c(C)c2)N=N1. The molecule has 0 unspecified atom stereocenters. The van der Waals surface area contributed by atoms with Gasteiger partial charge in [-0.1, -0.05) is 6.07 Å². The number of nitrogens with zero attached hydrogens (tertiary/aromatic N) is 3. The lowest BCUT2D eigenvalue weighted by molar-refractivity contribution is -0.116. The fourth-order valence-corrected chi connectivity index (χ4v) is 2.81. The van der Waals surface area contributed by atoms with Gasteiger partial charge in [-0.3, -0.25) is 9.59 Å². The van der Waals surface area contributed by atoms with E-state index in [1.165, 1.54) is 18.3 Å². The monoisotopic (exact) mass is 391 g/mol. The summed E-state index contributed by atoms with van der Waals surface area (Å²) in [5, 5.41) is 23.0. The summed E-state index contributed by atoms with van der Waals surface area (Å²) in [6, 6.07) is 7.76. The molecule has 1 aromatic heterocycles. The van der Waals surface area contributed by atoms with Crippen molar-refractivity contribution in [2.45, 2.75) is 38.3 Å². The number of carbonyl (C=O) groups excluding carboxylic acids is 2. The van der Waals surface area contributed by atoms with Crippen molar-refractivity contribution >= 4 is 23.3 Å². The minimum Gasteiger partial charge on any atom is -0.508 e. The van der Waals surface area contributed by atoms with E-state index in [1.54, 1.807) is 25.1 Å². The summed E-state index contributed by atoms with van der Waals surface area (Å²) in [7, 11) is 0. The topological polar surface area (TPSA) is 116 Å². The van der Waals surface area contributed by atoms with Gasteiger partial charge < -0.3 is 15.7 Å². The predicted molar refractivity (Wildman–Crippen MR) is 109 cm³/mol. The van der Waals surface area contributed by atoms with Gasteiger partial charge in [0.1, 0.15) is 11.6 Å². The van der Waals surface area contributed by atoms with Gasteiger partial charge >= 0.3 is 0 Å². The Labute approximate surface area is 168 Å². The molecule has 0 saturated carbocycles. The summed E-state index contributed by atoms with van der Waals surface area (Å²) in [4.78, 5) is 28.7. The lowest BCUT2D eigenvalue weighted by atomic mass is 10.0. The standard InChI is InChI=1S/C21H21N5O3/c1-3-4-9-21(25-26-21)10-8-18(28)23-16-11-14(2)19(22-13-16)24-20(29)15-6-5-7-17(27)12-15/h1,5-7,11-13,27H,4,8-10H2,2H3,(H,23,28)(H,22,24,29). The van der Waals surface area contributed by atoms with Crippen molar-refractivity contribution in [2.24, 2.45) is 10.2 Å². The number of nitrogens with one attached hydrogen (secondary N) is 2. The van der Waals surface area contributed by atoms with Crippen molar-refractivity contribution in [1.82, 2.24) is 4.98 Å². The molecule has 0 aliphatic carbocycles. The van der Waals surface area contributed by atoms with Crippen LogP contribution in [0, 0.1) is 19.3 Å². The number of terminal acetylenes is 1. The Bertz CT molecular complexity index is 1000. The number of hydrogen-bond donors (Lipinski definition) is 3. The zero-order valence-corrected chi connectivity index (χ0v) is 16.0. The number of anilines is 2. The van der Waals surface area contributed by atoms with E-state index in [4.69, 9.17) is 6.42 Å². The number of aromatic hydroxyl groups is 1. The maximum absolute atomic E-state index is 12.3. The van der Waals surface area contributed by atoms with E-state index in [9.17, 15) is 14.7 Å². The van der Waals surface area contributed by atoms with Crippen LogP contribution in [0.1, 0.15) is 41.6 Å². The summed E-state index contributed by atoms with van der Waals surface area (Å²) in [5.41, 5.74) is 1.05. The molecular weight excluding hydrogens is 370 g/mol. The van der Waals surface area contributed by atoms with Gasteiger partial charge in [0, 0.05) is 31.2 Å². The van der Waals surface area contributed by atoms with Crippen LogP contribution in [-0.4, -0.2) is 27.6 Å². The Hall–Kier alpha value is -3.73. The maximum Gasteiger partial charge on any atom is 0.256 e. The number of aromatic nitrogens is 1. The second-order valence-electron chi connectivity index (χ2n) is 6.83. The molecule has 3 rings (SSSR count). The molecule has 148 valence electrons. The average Bonchev–Trinajstić information content (AvgIpc) is 3.47. The molecule has 1 aromatic carbocycles. The number of phenolic OH excluding ortho intramolecular Hbond substituents is 1. The van der Waals surface area contributed by atoms with Crippen molar-refractivity contribution in [2.75, 3.05) is 10.6 Å². The molecule has 8 heteroatoms. The van der Waals surface area contributed by atoms with Gasteiger partial charge in [-0.05, 0) is 36.8 Å². The van der Waals surface area contributed by atoms with Crippen molar-refractivity contribution in [3.8, 4) is 18.1 Å². The normalized spacial score (nSPS) is 13.4. The summed E-state index contributed by atoms with van der Waals surface area (Å²) < 4.78 is 0. The molecule has 0 bridgehead atoms. The van der Waals surface area contributed by atoms with E-state index in [0.29, 0.717) is 41.9 Å². The highest BCUT2D eigenvalue weighted by molar-refractivity contribution is 6.04. The Morgan fingerprint density at radius 3 is 2.66 bits per heavy atom. The zero-order valence-electron chi connectivity index (χ0n) is 16.0. The first kappa shape index (κ1) is 20.0. The third-order valence-electron chi connectivity index (χ3n) is 4.51. The van der Waals surface area contributed by atoms with Crippen LogP contribution in [-0.2, 0) is 4.79 Å². The minimum absolute atomic E-state index is 0.00765. The van der Waals surface area contributed by atoms with E-state index < -0.39 is 5.66 Å². The van der Waals surface area contributed by atoms with E-state index in [0.717, 1.165) is 0 Å². The number of amides is 2. The first-order chi connectivity index (χ1) is 13.9. The van der Waals surface area contributed by atoms with Crippen molar-refractivity contribution in [3.63, 3.8) is 0 Å². The smallest absolute Gasteiger partial charge is 0.256 e. The van der Waals surface area contributed by atoms with Crippen molar-refractivity contribution < 1.29 is 14.7 Å². The molecule has 0 atom stereocenters. The van der Waals surface area contributed by atoms with Gasteiger partial charge in [0.15, 0.2) is 5.66 Å². The molecule has 0 fully saturated rings. The number of aryl methyl sites for hydroxylation is 1. The summed E-state index contributed by atoms with van der Waals surface area (Å²) in [6.07, 6.45) is 8.76. The van der Waals surface area contributed by atoms with Crippen LogP contribution in [0.5, 0.6) is 5.75 Å². The predicted octanol–water partition coefficient (Wildman–Crippen LogP) is 3.64. The van der Waals surface area contributed by atoms with Crippen LogP contribution in [0.3, 0.4) is 0 Å². The molecule has 3 N–H and O–H groups in total. The minimum atomic E-state index is -0.488. The molecule has 2 amide bonds. The quantitative estimate of drug-likeness (QED) is 0.596. The Morgan fingerprint density at radius 1 is 1.21 bits per heavy atom. The summed E-state index contributed by atoms with van der Waals surface area (Å²) in [6.45, 7) is 1.78. The van der Waals surface area contributed by atoms with Gasteiger partial charge in [0.25, 0.3) is 5.91 Å². The van der Waals surface area contributed by atoms with E-state index >= 15 is 0 Å². The molecule has 29 heavy (non-hydrogen) atoms. The second-order valence-corrected chi connectivity index (χ2v) is 6.83. The first-order valence-electron chi connectivity index (χ1n) is 9.15. The highest BCUT2D eigenvalue weighted by Gasteiger charge is 2.39. The third-order valence-corrected chi connectivity index (χ3v) is 4.51. The van der Waals surface area contributed by atoms with Gasteiger partial charge in [0.2, 0.25) is 5.91 Å². The molecule has 2 heterocycles. The van der Waals surface area contributed by atoms with E-state index in [2.05, 4.69) is 31.8 Å². The average molecular weight is 391 g/mol. The molecule has 1 aliphatic heterocycles. The molecule has 0 spiro atoms. The van der Waals surface area contributed by atoms with Gasteiger partial charge in [-0.15, -0.1) is 12.3 Å². The number of phenols is 1. The summed E-state index contributed by atoms with van der Waals surface area (Å²) in [5.74, 6) is 2.39. The van der Waals surface area contributed by atoms with Crippen LogP contribution < -0.4 is 10.6 Å². The number of carbonyl (C=O) groups is 2. The zero-order chi connectivity index (χ0) is 20.9. The van der Waals surface area contributed by atoms with Gasteiger partial charge in [0.05, 0.1) is 11.9 Å². The Morgan fingerprint density at radius 2 is 2.00 bits per heavy atom. The van der Waals surface area contributed by atoms with Crippen LogP contribution in [0.25, 0.3) is 0 Å². The lowest BCUT2D eigenvalue weighted by Crippen LogP contribution is -2.18. The Kier molecular flexibility index (Phi) is 5.88. The largest absolute Gasteiger partial charge is 0.508 e. The van der Waals surface area contributed by atoms with Gasteiger partial charge in [-0.25, -0.2) is 4.98 Å². The number of rotatable bonds is 8. The lowest BCUT2D eigenvalue weighted by Gasteiger charge is -2.11. The molecule has 2 aromatic rings. The Balaban J connectivity index is 1.54. The molecule has 0 radical (unpaired) electrons. The van der Waals surface area contributed by atoms with Crippen LogP contribution in [0.2, 0.25) is 0 Å². The van der Waals surface area contributed by atoms with Gasteiger partial charge in [-0.2, -0.15) is 10.2 Å².